The van der Waals surface area contributed by atoms with E-state index in [4.69, 9.17) is 4.74 Å². The van der Waals surface area contributed by atoms with E-state index in [-0.39, 0.29) is 0 Å². The molecule has 1 aromatic rings. The van der Waals surface area contributed by atoms with Crippen LogP contribution in [0, 0.1) is 6.92 Å². The van der Waals surface area contributed by atoms with Gasteiger partial charge >= 0.3 is 0 Å². The Kier molecular flexibility index (Phi) is 2.96. The molecule has 0 atom stereocenters. The zero-order chi connectivity index (χ0) is 9.84. The molecule has 0 fully saturated rings. The molecule has 0 heterocycles. The van der Waals surface area contributed by atoms with Gasteiger partial charge in [0.2, 0.25) is 0 Å². The summed E-state index contributed by atoms with van der Waals surface area (Å²) in [6.45, 7) is 5.54. The molecular formula is C11H14O2. The molecule has 1 rings (SSSR count). The minimum Gasteiger partial charge on any atom is -0.508 e. The van der Waals surface area contributed by atoms with Crippen LogP contribution in [0.1, 0.15) is 11.1 Å². The summed E-state index contributed by atoms with van der Waals surface area (Å²) in [6.07, 6.45) is 2.51. The number of aromatic hydroxyl groups is 1. The van der Waals surface area contributed by atoms with Crippen molar-refractivity contribution in [3.63, 3.8) is 0 Å². The van der Waals surface area contributed by atoms with Gasteiger partial charge in [0, 0.05) is 5.56 Å². The maximum atomic E-state index is 9.46. The van der Waals surface area contributed by atoms with E-state index in [1.807, 2.05) is 6.92 Å². The maximum Gasteiger partial charge on any atom is 0.122 e. The minimum atomic E-state index is 0.303. The molecule has 0 bridgehead atoms. The fourth-order valence-corrected chi connectivity index (χ4v) is 1.31. The van der Waals surface area contributed by atoms with Gasteiger partial charge in [-0.1, -0.05) is 6.08 Å². The number of allylic oxidation sites excluding steroid dienone is 1. The Labute approximate surface area is 78.5 Å². The van der Waals surface area contributed by atoms with Crippen LogP contribution in [0.4, 0.5) is 0 Å². The van der Waals surface area contributed by atoms with Gasteiger partial charge in [0.1, 0.15) is 11.5 Å². The normalized spacial score (nSPS) is 9.69. The van der Waals surface area contributed by atoms with Crippen LogP contribution in [0.5, 0.6) is 11.5 Å². The van der Waals surface area contributed by atoms with E-state index in [0.717, 1.165) is 16.9 Å². The molecule has 0 unspecified atom stereocenters. The smallest absolute Gasteiger partial charge is 0.122 e. The molecule has 0 spiro atoms. The lowest BCUT2D eigenvalue weighted by molar-refractivity contribution is 0.407. The molecule has 1 aromatic carbocycles. The standard InChI is InChI=1S/C11H14O2/c1-4-5-9-8(2)10(12)6-7-11(9)13-3/h4,6-7,12H,1,5H2,2-3H3. The summed E-state index contributed by atoms with van der Waals surface area (Å²) in [5.41, 5.74) is 1.86. The van der Waals surface area contributed by atoms with Crippen molar-refractivity contribution < 1.29 is 9.84 Å². The summed E-state index contributed by atoms with van der Waals surface area (Å²) >= 11 is 0. The lowest BCUT2D eigenvalue weighted by Gasteiger charge is -2.10. The number of hydrogen-bond donors (Lipinski definition) is 1. The third-order valence-corrected chi connectivity index (χ3v) is 2.10. The van der Waals surface area contributed by atoms with E-state index in [9.17, 15) is 5.11 Å². The monoisotopic (exact) mass is 178 g/mol. The SMILES string of the molecule is C=CCc1c(OC)ccc(O)c1C. The molecule has 0 radical (unpaired) electrons. The van der Waals surface area contributed by atoms with Gasteiger partial charge in [0.05, 0.1) is 7.11 Å². The number of rotatable bonds is 3. The second-order valence-corrected chi connectivity index (χ2v) is 2.88. The van der Waals surface area contributed by atoms with E-state index in [1.165, 1.54) is 0 Å². The van der Waals surface area contributed by atoms with Crippen LogP contribution in [0.2, 0.25) is 0 Å². The fraction of sp³-hybridized carbons (Fsp3) is 0.273. The minimum absolute atomic E-state index is 0.303. The molecule has 0 saturated heterocycles. The van der Waals surface area contributed by atoms with E-state index < -0.39 is 0 Å². The van der Waals surface area contributed by atoms with E-state index >= 15 is 0 Å². The van der Waals surface area contributed by atoms with Gasteiger partial charge in [-0.2, -0.15) is 0 Å². The molecule has 0 amide bonds. The van der Waals surface area contributed by atoms with E-state index in [0.29, 0.717) is 12.2 Å². The average molecular weight is 178 g/mol. The van der Waals surface area contributed by atoms with Crippen LogP contribution in [0.15, 0.2) is 24.8 Å². The van der Waals surface area contributed by atoms with E-state index in [1.54, 1.807) is 25.3 Å². The van der Waals surface area contributed by atoms with Crippen molar-refractivity contribution in [2.75, 3.05) is 7.11 Å². The van der Waals surface area contributed by atoms with Crippen molar-refractivity contribution in [3.8, 4) is 11.5 Å². The second-order valence-electron chi connectivity index (χ2n) is 2.88. The zero-order valence-electron chi connectivity index (χ0n) is 8.00. The number of benzene rings is 1. The van der Waals surface area contributed by atoms with Crippen molar-refractivity contribution in [2.24, 2.45) is 0 Å². The molecule has 13 heavy (non-hydrogen) atoms. The molecule has 0 aliphatic rings. The number of phenols is 1. The second kappa shape index (κ2) is 3.99. The topological polar surface area (TPSA) is 29.5 Å². The molecule has 70 valence electrons. The lowest BCUT2D eigenvalue weighted by atomic mass is 10.0. The Morgan fingerprint density at radius 1 is 1.54 bits per heavy atom. The highest BCUT2D eigenvalue weighted by atomic mass is 16.5. The van der Waals surface area contributed by atoms with Crippen LogP contribution in [0.25, 0.3) is 0 Å². The van der Waals surface area contributed by atoms with Crippen molar-refractivity contribution in [1.29, 1.82) is 0 Å². The summed E-state index contributed by atoms with van der Waals surface area (Å²) in [7, 11) is 1.62. The molecule has 0 saturated carbocycles. The highest BCUT2D eigenvalue weighted by Gasteiger charge is 2.07. The average Bonchev–Trinajstić information content (AvgIpc) is 2.14. The molecule has 0 aliphatic heterocycles. The molecular weight excluding hydrogens is 164 g/mol. The Hall–Kier alpha value is -1.44. The number of hydrogen-bond acceptors (Lipinski definition) is 2. The van der Waals surface area contributed by atoms with Gasteiger partial charge in [0.25, 0.3) is 0 Å². The van der Waals surface area contributed by atoms with E-state index in [2.05, 4.69) is 6.58 Å². The first-order chi connectivity index (χ1) is 6.20. The Balaban J connectivity index is 3.23. The highest BCUT2D eigenvalue weighted by Crippen LogP contribution is 2.29. The Bertz CT molecular complexity index is 316. The largest absolute Gasteiger partial charge is 0.508 e. The van der Waals surface area contributed by atoms with Crippen molar-refractivity contribution >= 4 is 0 Å². The predicted octanol–water partition coefficient (Wildman–Crippen LogP) is 2.44. The van der Waals surface area contributed by atoms with Gasteiger partial charge in [-0.05, 0) is 31.0 Å². The third-order valence-electron chi connectivity index (χ3n) is 2.10. The van der Waals surface area contributed by atoms with Crippen molar-refractivity contribution in [2.45, 2.75) is 13.3 Å². The third kappa shape index (κ3) is 1.83. The summed E-state index contributed by atoms with van der Waals surface area (Å²) < 4.78 is 5.17. The number of ether oxygens (including phenoxy) is 1. The predicted molar refractivity (Wildman–Crippen MR) is 53.3 cm³/mol. The first-order valence-corrected chi connectivity index (χ1v) is 4.17. The van der Waals surface area contributed by atoms with Gasteiger partial charge in [-0.25, -0.2) is 0 Å². The summed E-state index contributed by atoms with van der Waals surface area (Å²) in [5.74, 6) is 1.10. The first kappa shape index (κ1) is 9.65. The zero-order valence-corrected chi connectivity index (χ0v) is 8.00. The Morgan fingerprint density at radius 3 is 2.77 bits per heavy atom. The summed E-state index contributed by atoms with van der Waals surface area (Å²) in [4.78, 5) is 0. The van der Waals surface area contributed by atoms with Gasteiger partial charge in [0.15, 0.2) is 0 Å². The van der Waals surface area contributed by atoms with Crippen LogP contribution in [-0.4, -0.2) is 12.2 Å². The fourth-order valence-electron chi connectivity index (χ4n) is 1.31. The number of methoxy groups -OCH3 is 1. The summed E-state index contributed by atoms with van der Waals surface area (Å²) in [6, 6.07) is 3.40. The Morgan fingerprint density at radius 2 is 2.23 bits per heavy atom. The quantitative estimate of drug-likeness (QED) is 0.720. The highest BCUT2D eigenvalue weighted by molar-refractivity contribution is 5.48. The molecule has 2 nitrogen and oxygen atoms in total. The van der Waals surface area contributed by atoms with Gasteiger partial charge < -0.3 is 9.84 Å². The van der Waals surface area contributed by atoms with Gasteiger partial charge in [-0.15, -0.1) is 6.58 Å². The van der Waals surface area contributed by atoms with Crippen molar-refractivity contribution in [1.82, 2.24) is 0 Å². The molecule has 2 heteroatoms. The molecule has 0 aromatic heterocycles. The van der Waals surface area contributed by atoms with Gasteiger partial charge in [-0.3, -0.25) is 0 Å². The maximum absolute atomic E-state index is 9.46. The lowest BCUT2D eigenvalue weighted by Crippen LogP contribution is -1.94. The number of phenolic OH excluding ortho intramolecular Hbond substituents is 1. The van der Waals surface area contributed by atoms with Crippen LogP contribution in [0.3, 0.4) is 0 Å². The van der Waals surface area contributed by atoms with Crippen LogP contribution in [-0.2, 0) is 6.42 Å². The summed E-state index contributed by atoms with van der Waals surface area (Å²) in [5, 5.41) is 9.46. The first-order valence-electron chi connectivity index (χ1n) is 4.17. The molecule has 1 N–H and O–H groups in total. The molecule has 0 aliphatic carbocycles. The van der Waals surface area contributed by atoms with Crippen LogP contribution >= 0.6 is 0 Å². The van der Waals surface area contributed by atoms with Crippen molar-refractivity contribution in [3.05, 3.63) is 35.9 Å². The van der Waals surface area contributed by atoms with Crippen LogP contribution < -0.4 is 4.74 Å².